The van der Waals surface area contributed by atoms with Gasteiger partial charge < -0.3 is 10.5 Å². The van der Waals surface area contributed by atoms with Crippen molar-refractivity contribution in [2.45, 2.75) is 24.3 Å². The van der Waals surface area contributed by atoms with Crippen LogP contribution < -0.4 is 11.3 Å². The lowest BCUT2D eigenvalue weighted by Gasteiger charge is -2.32. The fraction of sp³-hybridized carbons (Fsp3) is 0.455. The van der Waals surface area contributed by atoms with Crippen molar-refractivity contribution in [2.75, 3.05) is 19.1 Å². The number of anilines is 1. The molecule has 0 saturated heterocycles. The Labute approximate surface area is 107 Å². The van der Waals surface area contributed by atoms with E-state index in [0.717, 1.165) is 4.31 Å². The standard InChI is InChI=1S/C11H19N3O3S/c1-11(2,8-15)14(3)18(16,17)10-6-4-9(13-12)5-7-10/h4-7,13,15H,8,12H2,1-3H3. The summed E-state index contributed by atoms with van der Waals surface area (Å²) in [6, 6.07) is 6.09. The first-order valence-corrected chi connectivity index (χ1v) is 6.86. The number of nitrogen functional groups attached to an aromatic ring is 1. The molecule has 4 N–H and O–H groups in total. The Bertz CT molecular complexity index is 497. The molecule has 0 heterocycles. The van der Waals surface area contributed by atoms with Gasteiger partial charge in [-0.25, -0.2) is 8.42 Å². The maximum Gasteiger partial charge on any atom is 0.243 e. The smallest absolute Gasteiger partial charge is 0.243 e. The van der Waals surface area contributed by atoms with Gasteiger partial charge in [0.25, 0.3) is 0 Å². The molecule has 0 amide bonds. The summed E-state index contributed by atoms with van der Waals surface area (Å²) < 4.78 is 25.8. The summed E-state index contributed by atoms with van der Waals surface area (Å²) in [6.45, 7) is 3.05. The third-order valence-corrected chi connectivity index (χ3v) is 5.00. The first-order chi connectivity index (χ1) is 8.25. The number of aliphatic hydroxyl groups excluding tert-OH is 1. The van der Waals surface area contributed by atoms with E-state index < -0.39 is 15.6 Å². The number of nitrogens with zero attached hydrogens (tertiary/aromatic N) is 1. The van der Waals surface area contributed by atoms with Crippen LogP contribution in [0.5, 0.6) is 0 Å². The number of rotatable bonds is 5. The topological polar surface area (TPSA) is 95.7 Å². The lowest BCUT2D eigenvalue weighted by Crippen LogP contribution is -2.47. The molecule has 1 aromatic carbocycles. The number of sulfonamides is 1. The Hall–Kier alpha value is -1.15. The van der Waals surface area contributed by atoms with Gasteiger partial charge in [0.05, 0.1) is 17.0 Å². The van der Waals surface area contributed by atoms with Crippen LogP contribution in [0.1, 0.15) is 13.8 Å². The van der Waals surface area contributed by atoms with E-state index in [2.05, 4.69) is 5.43 Å². The van der Waals surface area contributed by atoms with E-state index in [1.807, 2.05) is 0 Å². The van der Waals surface area contributed by atoms with Crippen molar-refractivity contribution < 1.29 is 13.5 Å². The minimum absolute atomic E-state index is 0.158. The lowest BCUT2D eigenvalue weighted by molar-refractivity contribution is 0.138. The maximum absolute atomic E-state index is 12.3. The summed E-state index contributed by atoms with van der Waals surface area (Å²) in [7, 11) is -2.18. The van der Waals surface area contributed by atoms with Gasteiger partial charge in [0.2, 0.25) is 10.0 Å². The molecular formula is C11H19N3O3S. The first-order valence-electron chi connectivity index (χ1n) is 5.42. The molecule has 102 valence electrons. The molecule has 0 bridgehead atoms. The van der Waals surface area contributed by atoms with E-state index in [-0.39, 0.29) is 11.5 Å². The van der Waals surface area contributed by atoms with E-state index in [4.69, 9.17) is 5.84 Å². The number of hydrogen-bond donors (Lipinski definition) is 3. The van der Waals surface area contributed by atoms with Gasteiger partial charge in [0, 0.05) is 12.7 Å². The van der Waals surface area contributed by atoms with Gasteiger partial charge in [-0.05, 0) is 38.1 Å². The Morgan fingerprint density at radius 2 is 1.83 bits per heavy atom. The van der Waals surface area contributed by atoms with Crippen LogP contribution in [0.3, 0.4) is 0 Å². The summed E-state index contributed by atoms with van der Waals surface area (Å²) in [5.41, 5.74) is 2.19. The molecule has 0 saturated carbocycles. The highest BCUT2D eigenvalue weighted by Gasteiger charge is 2.33. The lowest BCUT2D eigenvalue weighted by atomic mass is 10.1. The molecule has 0 aliphatic rings. The van der Waals surface area contributed by atoms with Crippen molar-refractivity contribution >= 4 is 15.7 Å². The van der Waals surface area contributed by atoms with Crippen molar-refractivity contribution in [3.05, 3.63) is 24.3 Å². The van der Waals surface area contributed by atoms with Gasteiger partial charge in [-0.2, -0.15) is 4.31 Å². The Morgan fingerprint density at radius 3 is 2.22 bits per heavy atom. The summed E-state index contributed by atoms with van der Waals surface area (Å²) in [4.78, 5) is 0.158. The van der Waals surface area contributed by atoms with Crippen LogP contribution in [0.2, 0.25) is 0 Å². The third-order valence-electron chi connectivity index (χ3n) is 2.92. The quantitative estimate of drug-likeness (QED) is 0.532. The van der Waals surface area contributed by atoms with Gasteiger partial charge in [-0.15, -0.1) is 0 Å². The van der Waals surface area contributed by atoms with Crippen LogP contribution in [-0.2, 0) is 10.0 Å². The van der Waals surface area contributed by atoms with E-state index in [1.165, 1.54) is 19.2 Å². The van der Waals surface area contributed by atoms with Gasteiger partial charge in [-0.3, -0.25) is 5.84 Å². The average Bonchev–Trinajstić information content (AvgIpc) is 2.37. The van der Waals surface area contributed by atoms with Crippen LogP contribution >= 0.6 is 0 Å². The SMILES string of the molecule is CN(C(C)(C)CO)S(=O)(=O)c1ccc(NN)cc1. The first kappa shape index (κ1) is 14.9. The van der Waals surface area contributed by atoms with Gasteiger partial charge in [0.15, 0.2) is 0 Å². The molecule has 7 heteroatoms. The average molecular weight is 273 g/mol. The fourth-order valence-electron chi connectivity index (χ4n) is 1.31. The van der Waals surface area contributed by atoms with Crippen LogP contribution in [0.15, 0.2) is 29.2 Å². The second-order valence-electron chi connectivity index (χ2n) is 4.61. The van der Waals surface area contributed by atoms with Crippen LogP contribution in [-0.4, -0.2) is 37.0 Å². The zero-order chi connectivity index (χ0) is 14.0. The Balaban J connectivity index is 3.13. The van der Waals surface area contributed by atoms with Crippen LogP contribution in [0, 0.1) is 0 Å². The number of nitrogens with one attached hydrogen (secondary N) is 1. The van der Waals surface area contributed by atoms with Crippen molar-refractivity contribution in [1.82, 2.24) is 4.31 Å². The zero-order valence-electron chi connectivity index (χ0n) is 10.7. The highest BCUT2D eigenvalue weighted by Crippen LogP contribution is 2.23. The molecule has 0 spiro atoms. The molecule has 0 aliphatic carbocycles. The molecule has 0 fully saturated rings. The van der Waals surface area contributed by atoms with Crippen molar-refractivity contribution in [1.29, 1.82) is 0 Å². The van der Waals surface area contributed by atoms with E-state index in [1.54, 1.807) is 26.0 Å². The Morgan fingerprint density at radius 1 is 1.33 bits per heavy atom. The van der Waals surface area contributed by atoms with Gasteiger partial charge in [-0.1, -0.05) is 0 Å². The number of hydrogen-bond acceptors (Lipinski definition) is 5. The molecule has 0 unspecified atom stereocenters. The second-order valence-corrected chi connectivity index (χ2v) is 6.58. The minimum Gasteiger partial charge on any atom is -0.394 e. The minimum atomic E-state index is -3.63. The maximum atomic E-state index is 12.3. The van der Waals surface area contributed by atoms with Gasteiger partial charge >= 0.3 is 0 Å². The molecule has 0 radical (unpaired) electrons. The monoisotopic (exact) mass is 273 g/mol. The summed E-state index contributed by atoms with van der Waals surface area (Å²) in [5.74, 6) is 5.22. The predicted octanol–water partition coefficient (Wildman–Crippen LogP) is 0.364. The number of nitrogens with two attached hydrogens (primary N) is 1. The van der Waals surface area contributed by atoms with Gasteiger partial charge in [0.1, 0.15) is 0 Å². The normalized spacial score (nSPS) is 12.8. The Kier molecular flexibility index (Phi) is 4.33. The largest absolute Gasteiger partial charge is 0.394 e. The summed E-state index contributed by atoms with van der Waals surface area (Å²) in [6.07, 6.45) is 0. The molecule has 1 aromatic rings. The molecular weight excluding hydrogens is 254 g/mol. The molecule has 0 aliphatic heterocycles. The van der Waals surface area contributed by atoms with E-state index >= 15 is 0 Å². The predicted molar refractivity (Wildman–Crippen MR) is 70.4 cm³/mol. The molecule has 0 atom stereocenters. The van der Waals surface area contributed by atoms with E-state index in [0.29, 0.717) is 5.69 Å². The molecule has 6 nitrogen and oxygen atoms in total. The zero-order valence-corrected chi connectivity index (χ0v) is 11.5. The number of hydrazine groups is 1. The molecule has 0 aromatic heterocycles. The molecule has 18 heavy (non-hydrogen) atoms. The fourth-order valence-corrected chi connectivity index (χ4v) is 2.81. The summed E-state index contributed by atoms with van der Waals surface area (Å²) in [5, 5.41) is 9.22. The van der Waals surface area contributed by atoms with Crippen molar-refractivity contribution in [3.63, 3.8) is 0 Å². The summed E-state index contributed by atoms with van der Waals surface area (Å²) >= 11 is 0. The van der Waals surface area contributed by atoms with Crippen molar-refractivity contribution in [2.24, 2.45) is 5.84 Å². The van der Waals surface area contributed by atoms with Crippen LogP contribution in [0.25, 0.3) is 0 Å². The third kappa shape index (κ3) is 2.81. The number of aliphatic hydroxyl groups is 1. The van der Waals surface area contributed by atoms with Crippen molar-refractivity contribution in [3.8, 4) is 0 Å². The van der Waals surface area contributed by atoms with E-state index in [9.17, 15) is 13.5 Å². The molecule has 1 rings (SSSR count). The van der Waals surface area contributed by atoms with Crippen LogP contribution in [0.4, 0.5) is 5.69 Å². The second kappa shape index (κ2) is 5.23. The highest BCUT2D eigenvalue weighted by molar-refractivity contribution is 7.89. The number of likely N-dealkylation sites (N-methyl/N-ethyl adjacent to an activating group) is 1. The number of benzene rings is 1. The highest BCUT2D eigenvalue weighted by atomic mass is 32.2.